The number of hydrogen-bond donors (Lipinski definition) is 2. The van der Waals surface area contributed by atoms with Crippen molar-refractivity contribution in [2.24, 2.45) is 0 Å². The minimum absolute atomic E-state index is 0.153. The van der Waals surface area contributed by atoms with E-state index in [1.807, 2.05) is 5.32 Å². The van der Waals surface area contributed by atoms with Gasteiger partial charge in [-0.2, -0.15) is 13.2 Å². The van der Waals surface area contributed by atoms with Gasteiger partial charge in [0.15, 0.2) is 0 Å². The van der Waals surface area contributed by atoms with Crippen LogP contribution >= 0.6 is 11.6 Å². The highest BCUT2D eigenvalue weighted by molar-refractivity contribution is 6.32. The molecular weight excluding hydrogens is 331 g/mol. The molecule has 0 bridgehead atoms. The first-order valence-corrected chi connectivity index (χ1v) is 6.03. The highest BCUT2D eigenvalue weighted by Crippen LogP contribution is 2.24. The van der Waals surface area contributed by atoms with Crippen LogP contribution in [0, 0.1) is 10.1 Å². The quantitative estimate of drug-likeness (QED) is 0.629. The van der Waals surface area contributed by atoms with E-state index in [-0.39, 0.29) is 10.6 Å². The maximum Gasteiger partial charge on any atom is 0.405 e. The fraction of sp³-hybridized carbons (Fsp3) is 0.273. The number of nitrogens with zero attached hydrogens (tertiary/aromatic N) is 1. The average Bonchev–Trinajstić information content (AvgIpc) is 2.41. The van der Waals surface area contributed by atoms with Crippen LogP contribution in [0.1, 0.15) is 10.4 Å². The summed E-state index contributed by atoms with van der Waals surface area (Å²) in [6.45, 7) is -2.22. The number of nitrogens with one attached hydrogen (secondary N) is 2. The normalized spacial score (nSPS) is 10.9. The molecule has 2 N–H and O–H groups in total. The van der Waals surface area contributed by atoms with Crippen molar-refractivity contribution in [3.8, 4) is 0 Å². The van der Waals surface area contributed by atoms with Crippen LogP contribution in [0.15, 0.2) is 18.2 Å². The molecule has 120 valence electrons. The number of halogens is 4. The third-order valence-electron chi connectivity index (χ3n) is 2.30. The van der Waals surface area contributed by atoms with E-state index in [1.165, 1.54) is 6.07 Å². The van der Waals surface area contributed by atoms with Crippen molar-refractivity contribution in [1.29, 1.82) is 0 Å². The Balaban J connectivity index is 2.61. The molecule has 0 fully saturated rings. The summed E-state index contributed by atoms with van der Waals surface area (Å²) in [5.74, 6) is -1.91. The van der Waals surface area contributed by atoms with Crippen molar-refractivity contribution in [1.82, 2.24) is 10.6 Å². The van der Waals surface area contributed by atoms with E-state index in [9.17, 15) is 32.9 Å². The van der Waals surface area contributed by atoms with Crippen LogP contribution in [0.3, 0.4) is 0 Å². The summed E-state index contributed by atoms with van der Waals surface area (Å²) in [6, 6.07) is 3.20. The molecule has 0 saturated heterocycles. The predicted octanol–water partition coefficient (Wildman–Crippen LogP) is 1.66. The second-order valence-corrected chi connectivity index (χ2v) is 4.41. The zero-order valence-corrected chi connectivity index (χ0v) is 11.5. The average molecular weight is 340 g/mol. The van der Waals surface area contributed by atoms with Crippen molar-refractivity contribution in [3.63, 3.8) is 0 Å². The molecule has 1 aromatic rings. The summed E-state index contributed by atoms with van der Waals surface area (Å²) in [6.07, 6.45) is -4.56. The Morgan fingerprint density at radius 3 is 2.45 bits per heavy atom. The third kappa shape index (κ3) is 5.56. The van der Waals surface area contributed by atoms with E-state index in [1.54, 1.807) is 5.32 Å². The Bertz CT molecular complexity index is 607. The molecule has 11 heteroatoms. The Hall–Kier alpha value is -2.36. The maximum atomic E-state index is 11.9. The largest absolute Gasteiger partial charge is 0.405 e. The number of hydrogen-bond acceptors (Lipinski definition) is 4. The van der Waals surface area contributed by atoms with E-state index in [0.29, 0.717) is 0 Å². The van der Waals surface area contributed by atoms with Crippen LogP contribution in [0.4, 0.5) is 18.9 Å². The summed E-state index contributed by atoms with van der Waals surface area (Å²) in [5, 5.41) is 14.1. The van der Waals surface area contributed by atoms with Crippen molar-refractivity contribution >= 4 is 29.1 Å². The summed E-state index contributed by atoms with van der Waals surface area (Å²) < 4.78 is 35.6. The molecule has 0 aliphatic carbocycles. The van der Waals surface area contributed by atoms with Gasteiger partial charge in [0.05, 0.1) is 11.5 Å². The Labute approximate surface area is 126 Å². The molecule has 0 heterocycles. The smallest absolute Gasteiger partial charge is 0.345 e. The number of carbonyl (C=O) groups excluding carboxylic acids is 2. The Morgan fingerprint density at radius 1 is 1.27 bits per heavy atom. The van der Waals surface area contributed by atoms with E-state index in [4.69, 9.17) is 11.6 Å². The van der Waals surface area contributed by atoms with Gasteiger partial charge in [0, 0.05) is 11.6 Å². The summed E-state index contributed by atoms with van der Waals surface area (Å²) in [4.78, 5) is 32.6. The van der Waals surface area contributed by atoms with Gasteiger partial charge in [-0.3, -0.25) is 19.7 Å². The van der Waals surface area contributed by atoms with Gasteiger partial charge in [0.1, 0.15) is 11.6 Å². The molecule has 0 unspecified atom stereocenters. The van der Waals surface area contributed by atoms with Gasteiger partial charge in [0.2, 0.25) is 5.91 Å². The molecule has 22 heavy (non-hydrogen) atoms. The molecule has 0 aliphatic rings. The zero-order chi connectivity index (χ0) is 16.9. The lowest BCUT2D eigenvalue weighted by molar-refractivity contribution is -0.384. The van der Waals surface area contributed by atoms with E-state index >= 15 is 0 Å². The van der Waals surface area contributed by atoms with Crippen LogP contribution in [0.5, 0.6) is 0 Å². The van der Waals surface area contributed by atoms with E-state index in [0.717, 1.165) is 12.1 Å². The summed E-state index contributed by atoms with van der Waals surface area (Å²) in [5.41, 5.74) is -0.657. The van der Waals surface area contributed by atoms with E-state index < -0.39 is 41.7 Å². The van der Waals surface area contributed by atoms with Crippen LogP contribution in [-0.4, -0.2) is 36.0 Å². The first-order valence-electron chi connectivity index (χ1n) is 5.66. The monoisotopic (exact) mass is 339 g/mol. The number of amides is 2. The fourth-order valence-electron chi connectivity index (χ4n) is 1.32. The van der Waals surface area contributed by atoms with Gasteiger partial charge >= 0.3 is 6.18 Å². The van der Waals surface area contributed by atoms with Gasteiger partial charge in [-0.05, 0) is 12.1 Å². The second-order valence-electron chi connectivity index (χ2n) is 4.00. The summed E-state index contributed by atoms with van der Waals surface area (Å²) >= 11 is 5.56. The standard InChI is InChI=1S/C11H9ClF3N3O4/c12-7-2-1-6(3-8(7)18(21)22)10(20)16-4-9(19)17-5-11(13,14)15/h1-3H,4-5H2,(H,16,20)(H,17,19). The van der Waals surface area contributed by atoms with Crippen molar-refractivity contribution < 1.29 is 27.7 Å². The maximum absolute atomic E-state index is 11.9. The molecule has 0 radical (unpaired) electrons. The van der Waals surface area contributed by atoms with Crippen molar-refractivity contribution in [2.45, 2.75) is 6.18 Å². The van der Waals surface area contributed by atoms with Crippen LogP contribution in [-0.2, 0) is 4.79 Å². The molecular formula is C11H9ClF3N3O4. The highest BCUT2D eigenvalue weighted by atomic mass is 35.5. The predicted molar refractivity (Wildman–Crippen MR) is 69.5 cm³/mol. The fourth-order valence-corrected chi connectivity index (χ4v) is 1.50. The lowest BCUT2D eigenvalue weighted by Gasteiger charge is -2.09. The van der Waals surface area contributed by atoms with Gasteiger partial charge in [-0.15, -0.1) is 0 Å². The lowest BCUT2D eigenvalue weighted by atomic mass is 10.2. The first-order chi connectivity index (χ1) is 10.1. The number of nitro benzene ring substituents is 1. The van der Waals surface area contributed by atoms with Gasteiger partial charge in [-0.25, -0.2) is 0 Å². The first kappa shape index (κ1) is 17.7. The van der Waals surface area contributed by atoms with Crippen LogP contribution in [0.2, 0.25) is 5.02 Å². The molecule has 0 aromatic heterocycles. The van der Waals surface area contributed by atoms with Crippen molar-refractivity contribution in [2.75, 3.05) is 13.1 Å². The zero-order valence-electron chi connectivity index (χ0n) is 10.7. The topological polar surface area (TPSA) is 101 Å². The molecule has 7 nitrogen and oxygen atoms in total. The molecule has 0 aliphatic heterocycles. The number of benzene rings is 1. The molecule has 0 spiro atoms. The number of carbonyl (C=O) groups is 2. The molecule has 1 rings (SSSR count). The SMILES string of the molecule is O=C(CNC(=O)c1ccc(Cl)c([N+](=O)[O-])c1)NCC(F)(F)F. The third-order valence-corrected chi connectivity index (χ3v) is 2.62. The Morgan fingerprint density at radius 2 is 1.91 bits per heavy atom. The van der Waals surface area contributed by atoms with Gasteiger partial charge in [-0.1, -0.05) is 11.6 Å². The molecule has 0 atom stereocenters. The van der Waals surface area contributed by atoms with E-state index in [2.05, 4.69) is 0 Å². The molecule has 0 saturated carbocycles. The van der Waals surface area contributed by atoms with Gasteiger partial charge in [0.25, 0.3) is 11.6 Å². The second kappa shape index (κ2) is 7.07. The number of nitro groups is 1. The highest BCUT2D eigenvalue weighted by Gasteiger charge is 2.27. The minimum atomic E-state index is -4.56. The van der Waals surface area contributed by atoms with Gasteiger partial charge < -0.3 is 10.6 Å². The van der Waals surface area contributed by atoms with Crippen LogP contribution < -0.4 is 10.6 Å². The Kier molecular flexibility index (Phi) is 5.69. The molecule has 1 aromatic carbocycles. The number of rotatable bonds is 5. The molecule has 2 amide bonds. The minimum Gasteiger partial charge on any atom is -0.345 e. The summed E-state index contributed by atoms with van der Waals surface area (Å²) in [7, 11) is 0. The van der Waals surface area contributed by atoms with Crippen LogP contribution in [0.25, 0.3) is 0 Å². The van der Waals surface area contributed by atoms with Crippen molar-refractivity contribution in [3.05, 3.63) is 38.9 Å². The lowest BCUT2D eigenvalue weighted by Crippen LogP contribution is -2.40. The number of alkyl halides is 3.